The Bertz CT molecular complexity index is 1690. The quantitative estimate of drug-likeness (QED) is 0.0290. The maximum atomic E-state index is 13.4. The van der Waals surface area contributed by atoms with E-state index in [1.807, 2.05) is 0 Å². The lowest BCUT2D eigenvalue weighted by atomic mass is 10.0. The number of β-lactam (4-membered cyclic amide) rings is 1. The molecule has 260 valence electrons. The molecular weight excluding hydrogens is 674 g/mol. The second-order valence-electron chi connectivity index (χ2n) is 10.9. The Morgan fingerprint density at radius 3 is 2.58 bits per heavy atom. The van der Waals surface area contributed by atoms with E-state index in [0.29, 0.717) is 24.2 Å². The first-order valence-electron chi connectivity index (χ1n) is 14.2. The number of carboxylic acids is 2. The number of rotatable bonds is 15. The van der Waals surface area contributed by atoms with Gasteiger partial charge in [0, 0.05) is 29.4 Å². The minimum atomic E-state index is -1.83. The number of aromatic nitrogens is 4. The first-order valence-corrected chi connectivity index (χ1v) is 16.1. The van der Waals surface area contributed by atoms with E-state index in [0.717, 1.165) is 16.4 Å². The number of guanidine groups is 1. The number of carboxylic acid groups (broad SMARTS) is 2. The van der Waals surface area contributed by atoms with Crippen molar-refractivity contribution in [2.45, 2.75) is 50.4 Å². The first-order chi connectivity index (χ1) is 22.6. The van der Waals surface area contributed by atoms with Crippen LogP contribution in [0.4, 0.5) is 16.6 Å². The molecule has 0 unspecified atom stereocenters. The van der Waals surface area contributed by atoms with Crippen LogP contribution in [-0.2, 0) is 37.1 Å². The second kappa shape index (κ2) is 14.4. The summed E-state index contributed by atoms with van der Waals surface area (Å²) in [6, 6.07) is -1.19. The van der Waals surface area contributed by atoms with Crippen molar-refractivity contribution in [1.82, 2.24) is 24.3 Å². The van der Waals surface area contributed by atoms with Crippen LogP contribution in [-0.4, -0.2) is 112 Å². The van der Waals surface area contributed by atoms with E-state index < -0.39 is 46.5 Å². The van der Waals surface area contributed by atoms with Crippen molar-refractivity contribution in [3.63, 3.8) is 0 Å². The van der Waals surface area contributed by atoms with Gasteiger partial charge >= 0.3 is 11.9 Å². The van der Waals surface area contributed by atoms with Crippen LogP contribution in [0, 0.1) is 5.41 Å². The number of nitrogen functional groups attached to an aromatic ring is 2. The molecular formula is C25H36N13O8S2+. The molecule has 2 aliphatic rings. The Kier molecular flexibility index (Phi) is 10.8. The lowest BCUT2D eigenvalue weighted by molar-refractivity contribution is -0.767. The zero-order valence-electron chi connectivity index (χ0n) is 25.8. The molecule has 2 aromatic heterocycles. The Labute approximate surface area is 280 Å². The van der Waals surface area contributed by atoms with Gasteiger partial charge in [-0.05, 0) is 26.8 Å². The average molecular weight is 711 g/mol. The van der Waals surface area contributed by atoms with Gasteiger partial charge in [-0.1, -0.05) is 5.16 Å². The standard InChI is InChI=1S/C25H35N13O8S2/c1-25(2,22(44)45)46-33-13(17-32-24(30)48-34-17)18(40)31-14-19(41)38-15(21(42)43)11(10-47-20(14)38)8-35-9-12(16(27)37(35)6-7-39)36(23(28)29)5-3-4-26/h9,14,20,27,39H,3-8,10,26H2,1-2H3,(H8,28,29,30,31,32,34,40,42,43,44,45)/p+1/b33-13-/t14-,20-/m1/s1. The lowest BCUT2D eigenvalue weighted by Gasteiger charge is -2.49. The van der Waals surface area contributed by atoms with E-state index in [2.05, 4.69) is 19.8 Å². The fourth-order valence-corrected chi connectivity index (χ4v) is 6.54. The second-order valence-corrected chi connectivity index (χ2v) is 12.8. The van der Waals surface area contributed by atoms with Crippen molar-refractivity contribution in [2.75, 3.05) is 41.8 Å². The number of amides is 2. The number of aliphatic hydroxyl groups is 1. The summed E-state index contributed by atoms with van der Waals surface area (Å²) >= 11 is 1.94. The summed E-state index contributed by atoms with van der Waals surface area (Å²) in [5.41, 5.74) is 21.5. The molecule has 0 bridgehead atoms. The number of aliphatic hydroxyl groups excluding tert-OH is 1. The van der Waals surface area contributed by atoms with E-state index in [-0.39, 0.29) is 60.4 Å². The third-order valence-electron chi connectivity index (χ3n) is 7.24. The molecule has 21 nitrogen and oxygen atoms in total. The first kappa shape index (κ1) is 35.8. The molecule has 4 rings (SSSR count). The highest BCUT2D eigenvalue weighted by Crippen LogP contribution is 2.40. The highest BCUT2D eigenvalue weighted by atomic mass is 32.2. The number of hydrogen-bond acceptors (Lipinski definition) is 15. The van der Waals surface area contributed by atoms with Crippen molar-refractivity contribution < 1.29 is 44.0 Å². The van der Waals surface area contributed by atoms with Gasteiger partial charge in [0.15, 0.2) is 29.1 Å². The maximum absolute atomic E-state index is 13.4. The minimum absolute atomic E-state index is 0.0121. The number of thioether (sulfide) groups is 1. The van der Waals surface area contributed by atoms with Gasteiger partial charge in [0.2, 0.25) is 23.3 Å². The van der Waals surface area contributed by atoms with Crippen molar-refractivity contribution in [3.8, 4) is 0 Å². The van der Waals surface area contributed by atoms with Crippen LogP contribution in [0.1, 0.15) is 26.1 Å². The summed E-state index contributed by atoms with van der Waals surface area (Å²) in [7, 11) is 0. The largest absolute Gasteiger partial charge is 0.478 e. The summed E-state index contributed by atoms with van der Waals surface area (Å²) in [6.07, 6.45) is 2.07. The van der Waals surface area contributed by atoms with Crippen molar-refractivity contribution >= 4 is 75.4 Å². The monoisotopic (exact) mass is 710 g/mol. The van der Waals surface area contributed by atoms with Crippen molar-refractivity contribution in [3.05, 3.63) is 23.3 Å². The number of hydrogen-bond donors (Lipinski definition) is 9. The lowest BCUT2D eigenvalue weighted by Crippen LogP contribution is -2.71. The summed E-state index contributed by atoms with van der Waals surface area (Å²) in [5, 5.41) is 42.6. The molecule has 23 heteroatoms. The SMILES string of the molecule is CC(C)(O/N=C(\C(=O)N[C@@H]1C(=O)N2C(C(=O)O)=C(C[n+]3cc(N(CCCN)C(=N)N)c(N)n3CCO)CS[C@H]12)c1nsc(N)n1)C(=O)O. The molecule has 0 saturated carbocycles. The summed E-state index contributed by atoms with van der Waals surface area (Å²) in [4.78, 5) is 62.2. The fraction of sp³-hybridized carbons (Fsp3) is 0.480. The number of oxime groups is 1. The van der Waals surface area contributed by atoms with Crippen LogP contribution in [0.5, 0.6) is 0 Å². The van der Waals surface area contributed by atoms with Gasteiger partial charge in [-0.25, -0.2) is 9.59 Å². The van der Waals surface area contributed by atoms with Crippen molar-refractivity contribution in [2.24, 2.45) is 16.6 Å². The van der Waals surface area contributed by atoms with Gasteiger partial charge in [0.25, 0.3) is 11.8 Å². The molecule has 48 heavy (non-hydrogen) atoms. The predicted octanol–water partition coefficient (Wildman–Crippen LogP) is -3.14. The van der Waals surface area contributed by atoms with E-state index in [1.54, 1.807) is 10.9 Å². The smallest absolute Gasteiger partial charge is 0.352 e. The molecule has 13 N–H and O–H groups in total. The van der Waals surface area contributed by atoms with Crippen LogP contribution in [0.2, 0.25) is 0 Å². The average Bonchev–Trinajstić information content (AvgIpc) is 3.58. The summed E-state index contributed by atoms with van der Waals surface area (Å²) < 4.78 is 7.00. The van der Waals surface area contributed by atoms with E-state index in [9.17, 15) is 34.5 Å². The molecule has 2 aliphatic heterocycles. The number of nitrogens with one attached hydrogen (secondary N) is 2. The van der Waals surface area contributed by atoms with Crippen molar-refractivity contribution in [1.29, 1.82) is 5.41 Å². The van der Waals surface area contributed by atoms with Gasteiger partial charge in [-0.3, -0.25) is 19.9 Å². The van der Waals surface area contributed by atoms with Gasteiger partial charge < -0.3 is 53.3 Å². The number of nitrogens with zero attached hydrogens (tertiary/aromatic N) is 7. The topological polar surface area (TPSA) is 332 Å². The van der Waals surface area contributed by atoms with Gasteiger partial charge in [0.1, 0.15) is 23.7 Å². The zero-order chi connectivity index (χ0) is 35.5. The van der Waals surface area contributed by atoms with Gasteiger partial charge in [0.05, 0.1) is 6.61 Å². The molecule has 1 fully saturated rings. The van der Waals surface area contributed by atoms with E-state index >= 15 is 0 Å². The molecule has 2 aromatic rings. The van der Waals surface area contributed by atoms with E-state index in [1.165, 1.54) is 35.2 Å². The molecule has 1 saturated heterocycles. The minimum Gasteiger partial charge on any atom is -0.478 e. The van der Waals surface area contributed by atoms with Gasteiger partial charge in [-0.2, -0.15) is 9.36 Å². The Morgan fingerprint density at radius 2 is 2.02 bits per heavy atom. The normalized spacial score (nSPS) is 17.9. The van der Waals surface area contributed by atoms with Crippen LogP contribution < -0.4 is 37.8 Å². The van der Waals surface area contributed by atoms with Gasteiger partial charge in [-0.15, -0.1) is 21.1 Å². The number of aliphatic carboxylic acids is 2. The molecule has 2 atom stereocenters. The van der Waals surface area contributed by atoms with Crippen LogP contribution >= 0.6 is 23.3 Å². The highest BCUT2D eigenvalue weighted by molar-refractivity contribution is 8.00. The summed E-state index contributed by atoms with van der Waals surface area (Å²) in [6.45, 7) is 2.71. The van der Waals surface area contributed by atoms with Crippen LogP contribution in [0.15, 0.2) is 22.6 Å². The fourth-order valence-electron chi connectivity index (χ4n) is 4.77. The van der Waals surface area contributed by atoms with Crippen LogP contribution in [0.3, 0.4) is 0 Å². The molecule has 0 aliphatic carbocycles. The Balaban J connectivity index is 1.61. The van der Waals surface area contributed by atoms with Crippen LogP contribution in [0.25, 0.3) is 0 Å². The maximum Gasteiger partial charge on any atom is 0.352 e. The Hall–Kier alpha value is -5.00. The third kappa shape index (κ3) is 7.12. The number of anilines is 3. The molecule has 4 heterocycles. The summed E-state index contributed by atoms with van der Waals surface area (Å²) in [5.74, 6) is -4.72. The number of nitrogens with two attached hydrogens (primary N) is 4. The number of carbonyl (C=O) groups is 4. The molecule has 2 amide bonds. The number of carbonyl (C=O) groups excluding carboxylic acids is 2. The zero-order valence-corrected chi connectivity index (χ0v) is 27.5. The van der Waals surface area contributed by atoms with E-state index in [4.69, 9.17) is 33.2 Å². The molecule has 0 aromatic carbocycles. The third-order valence-corrected chi connectivity index (χ3v) is 9.12. The predicted molar refractivity (Wildman–Crippen MR) is 172 cm³/mol. The Morgan fingerprint density at radius 1 is 1.31 bits per heavy atom. The molecule has 0 spiro atoms. The molecule has 0 radical (unpaired) electrons. The highest BCUT2D eigenvalue weighted by Gasteiger charge is 2.55. The number of fused-ring (bicyclic) bond motifs is 1.